The number of nitrogens with zero attached hydrogens (tertiary/aromatic N) is 1. The molecule has 1 fully saturated rings. The second-order valence-electron chi connectivity index (χ2n) is 5.45. The van der Waals surface area contributed by atoms with Gasteiger partial charge in [-0.15, -0.1) is 0 Å². The van der Waals surface area contributed by atoms with E-state index in [-0.39, 0.29) is 0 Å². The topological polar surface area (TPSA) is 264 Å². The van der Waals surface area contributed by atoms with E-state index in [1.54, 1.807) is 0 Å². The fraction of sp³-hybridized carbons (Fsp3) is 0.556. The molecular weight excluding hydrogens is 469 g/mol. The summed E-state index contributed by atoms with van der Waals surface area (Å²) in [6, 6.07) is 0.906. The highest BCUT2D eigenvalue weighted by Gasteiger charge is 2.47. The molecule has 7 N–H and O–H groups in total. The molecule has 4 unspecified atom stereocenters. The van der Waals surface area contributed by atoms with Gasteiger partial charge in [-0.1, -0.05) is 0 Å². The molecule has 0 saturated carbocycles. The standard InChI is InChI=1S/C9H15N2O15P3/c12-5-1-2-11(9(15)10-5)8-7(14)6(13)4(24-8)3-23-29(22,25-27(16,17)18)26-28(19,20)21/h1-2,4,6-8,13-14H,3H2,(H,10,12,15)(H2,16,17,18)(H2,19,20,21). The highest BCUT2D eigenvalue weighted by molar-refractivity contribution is 7.66. The summed E-state index contributed by atoms with van der Waals surface area (Å²) in [4.78, 5) is 59.5. The first-order chi connectivity index (χ1) is 13.1. The molecule has 1 aliphatic heterocycles. The molecule has 0 radical (unpaired) electrons. The molecule has 2 rings (SSSR count). The Bertz CT molecular complexity index is 963. The highest BCUT2D eigenvalue weighted by atomic mass is 31.3. The number of phosphoric acid groups is 3. The van der Waals surface area contributed by atoms with Gasteiger partial charge in [0.1, 0.15) is 18.3 Å². The molecule has 2 heterocycles. The third-order valence-corrected chi connectivity index (χ3v) is 7.04. The van der Waals surface area contributed by atoms with Crippen LogP contribution in [0.2, 0.25) is 0 Å². The fourth-order valence-corrected chi connectivity index (χ4v) is 5.39. The average molecular weight is 484 g/mol. The third kappa shape index (κ3) is 6.73. The van der Waals surface area contributed by atoms with E-state index in [0.29, 0.717) is 4.57 Å². The largest absolute Gasteiger partial charge is 0.492 e. The number of rotatable bonds is 8. The molecule has 166 valence electrons. The molecule has 1 aromatic heterocycles. The molecule has 0 amide bonds. The number of aliphatic hydroxyl groups excluding tert-OH is 2. The maximum Gasteiger partial charge on any atom is 0.492 e. The van der Waals surface area contributed by atoms with Gasteiger partial charge in [-0.05, 0) is 0 Å². The van der Waals surface area contributed by atoms with Crippen LogP contribution in [-0.2, 0) is 31.6 Å². The van der Waals surface area contributed by atoms with Crippen LogP contribution in [0.25, 0.3) is 0 Å². The van der Waals surface area contributed by atoms with Gasteiger partial charge in [-0.2, -0.15) is 8.62 Å². The summed E-state index contributed by atoms with van der Waals surface area (Å²) in [6.45, 7) is -1.12. The zero-order chi connectivity index (χ0) is 22.2. The molecular formula is C9H15N2O15P3. The van der Waals surface area contributed by atoms with Gasteiger partial charge < -0.3 is 34.5 Å². The van der Waals surface area contributed by atoms with Crippen molar-refractivity contribution in [1.82, 2.24) is 9.55 Å². The predicted molar refractivity (Wildman–Crippen MR) is 87.1 cm³/mol. The van der Waals surface area contributed by atoms with E-state index in [2.05, 4.69) is 13.1 Å². The lowest BCUT2D eigenvalue weighted by Gasteiger charge is -2.21. The summed E-state index contributed by atoms with van der Waals surface area (Å²) in [5, 5.41) is 20.0. The lowest BCUT2D eigenvalue weighted by atomic mass is 10.1. The molecule has 0 bridgehead atoms. The molecule has 0 spiro atoms. The van der Waals surface area contributed by atoms with Crippen LogP contribution >= 0.6 is 23.5 Å². The second-order valence-corrected chi connectivity index (χ2v) is 9.87. The molecule has 1 aliphatic rings. The minimum Gasteiger partial charge on any atom is -0.387 e. The number of nitrogens with one attached hydrogen (secondary N) is 1. The fourth-order valence-electron chi connectivity index (χ4n) is 2.21. The van der Waals surface area contributed by atoms with Crippen molar-refractivity contribution < 1.29 is 61.4 Å². The molecule has 1 aromatic rings. The van der Waals surface area contributed by atoms with Gasteiger partial charge in [0.25, 0.3) is 5.56 Å². The Hall–Kier alpha value is -1.03. The quantitative estimate of drug-likeness (QED) is 0.188. The van der Waals surface area contributed by atoms with Crippen LogP contribution in [0, 0.1) is 0 Å². The average Bonchev–Trinajstić information content (AvgIpc) is 2.77. The van der Waals surface area contributed by atoms with E-state index in [1.807, 2.05) is 4.98 Å². The van der Waals surface area contributed by atoms with Crippen molar-refractivity contribution >= 4 is 23.5 Å². The van der Waals surface area contributed by atoms with Gasteiger partial charge in [0.05, 0.1) is 6.61 Å². The normalized spacial score (nSPS) is 26.0. The number of ether oxygens (including phenoxy) is 1. The minimum absolute atomic E-state index is 0.688. The molecule has 20 heteroatoms. The van der Waals surface area contributed by atoms with Crippen molar-refractivity contribution in [3.63, 3.8) is 0 Å². The summed E-state index contributed by atoms with van der Waals surface area (Å²) in [5.41, 5.74) is -1.78. The molecule has 1 saturated heterocycles. The van der Waals surface area contributed by atoms with Crippen LogP contribution in [-0.4, -0.2) is 64.3 Å². The predicted octanol–water partition coefficient (Wildman–Crippen LogP) is -2.50. The van der Waals surface area contributed by atoms with Gasteiger partial charge >= 0.3 is 29.2 Å². The third-order valence-electron chi connectivity index (χ3n) is 3.27. The molecule has 29 heavy (non-hydrogen) atoms. The summed E-state index contributed by atoms with van der Waals surface area (Å²) in [6.07, 6.45) is -5.91. The van der Waals surface area contributed by atoms with Crippen LogP contribution in [0.1, 0.15) is 6.23 Å². The monoisotopic (exact) mass is 484 g/mol. The Kier molecular flexibility index (Phi) is 7.20. The SMILES string of the molecule is O=c1ccn(C2OC(COP(=O)(OP(=O)(O)O)OP(=O)(O)O)C(O)C2O)c(=O)[nH]1. The Morgan fingerprint density at radius 3 is 2.07 bits per heavy atom. The maximum absolute atomic E-state index is 12.1. The van der Waals surface area contributed by atoms with Crippen LogP contribution in [0.4, 0.5) is 0 Å². The van der Waals surface area contributed by atoms with Crippen LogP contribution < -0.4 is 11.2 Å². The van der Waals surface area contributed by atoms with Crippen molar-refractivity contribution in [3.05, 3.63) is 33.1 Å². The van der Waals surface area contributed by atoms with Crippen molar-refractivity contribution in [1.29, 1.82) is 0 Å². The van der Waals surface area contributed by atoms with E-state index in [0.717, 1.165) is 12.3 Å². The van der Waals surface area contributed by atoms with Gasteiger partial charge in [-0.25, -0.2) is 18.5 Å². The number of hydrogen-bond donors (Lipinski definition) is 7. The summed E-state index contributed by atoms with van der Waals surface area (Å²) >= 11 is 0. The number of aromatic amines is 1. The molecule has 0 aromatic carbocycles. The Labute approximate surface area is 159 Å². The Balaban J connectivity index is 2.18. The van der Waals surface area contributed by atoms with E-state index < -0.39 is 65.9 Å². The van der Waals surface area contributed by atoms with Crippen LogP contribution in [0.15, 0.2) is 21.9 Å². The van der Waals surface area contributed by atoms with Crippen molar-refractivity contribution in [2.45, 2.75) is 24.5 Å². The van der Waals surface area contributed by atoms with Gasteiger partial charge in [0, 0.05) is 12.3 Å². The highest BCUT2D eigenvalue weighted by Crippen LogP contribution is 2.67. The second kappa shape index (κ2) is 8.61. The first-order valence-corrected chi connectivity index (χ1v) is 11.7. The Morgan fingerprint density at radius 1 is 1.03 bits per heavy atom. The molecule has 4 atom stereocenters. The molecule has 17 nitrogen and oxygen atoms in total. The van der Waals surface area contributed by atoms with Crippen molar-refractivity contribution in [3.8, 4) is 0 Å². The van der Waals surface area contributed by atoms with E-state index >= 15 is 0 Å². The van der Waals surface area contributed by atoms with Crippen LogP contribution in [0.3, 0.4) is 0 Å². The zero-order valence-electron chi connectivity index (χ0n) is 13.8. The lowest BCUT2D eigenvalue weighted by molar-refractivity contribution is -0.0541. The van der Waals surface area contributed by atoms with Gasteiger partial charge in [-0.3, -0.25) is 18.9 Å². The number of H-pyrrole nitrogens is 1. The lowest BCUT2D eigenvalue weighted by Crippen LogP contribution is -2.37. The zero-order valence-corrected chi connectivity index (χ0v) is 16.5. The van der Waals surface area contributed by atoms with Crippen molar-refractivity contribution in [2.75, 3.05) is 6.61 Å². The van der Waals surface area contributed by atoms with E-state index in [9.17, 15) is 33.5 Å². The summed E-state index contributed by atoms with van der Waals surface area (Å²) in [5.74, 6) is 0. The van der Waals surface area contributed by atoms with Gasteiger partial charge in [0.15, 0.2) is 6.23 Å². The number of aliphatic hydroxyl groups is 2. The van der Waals surface area contributed by atoms with E-state index in [1.165, 1.54) is 0 Å². The van der Waals surface area contributed by atoms with Crippen molar-refractivity contribution in [2.24, 2.45) is 0 Å². The molecule has 0 aliphatic carbocycles. The summed E-state index contributed by atoms with van der Waals surface area (Å²) in [7, 11) is -16.8. The maximum atomic E-state index is 12.1. The first-order valence-electron chi connectivity index (χ1n) is 7.22. The van der Waals surface area contributed by atoms with Crippen LogP contribution in [0.5, 0.6) is 0 Å². The smallest absolute Gasteiger partial charge is 0.387 e. The number of aromatic nitrogens is 2. The first kappa shape index (κ1) is 24.2. The summed E-state index contributed by atoms with van der Waals surface area (Å²) < 4.78 is 51.3. The number of hydrogen-bond acceptors (Lipinski definition) is 11. The van der Waals surface area contributed by atoms with Gasteiger partial charge in [0.2, 0.25) is 0 Å². The Morgan fingerprint density at radius 2 is 1.59 bits per heavy atom. The van der Waals surface area contributed by atoms with E-state index in [4.69, 9.17) is 24.3 Å². The minimum atomic E-state index is -5.62.